The second-order valence-electron chi connectivity index (χ2n) is 8.14. The van der Waals surface area contributed by atoms with Crippen molar-refractivity contribution in [1.82, 2.24) is 14.9 Å². The van der Waals surface area contributed by atoms with Gasteiger partial charge in [-0.2, -0.15) is 11.8 Å². The monoisotopic (exact) mass is 505 g/mol. The summed E-state index contributed by atoms with van der Waals surface area (Å²) in [4.78, 5) is 41.3. The van der Waals surface area contributed by atoms with E-state index in [4.69, 9.17) is 11.6 Å². The van der Waals surface area contributed by atoms with Gasteiger partial charge >= 0.3 is 0 Å². The second kappa shape index (κ2) is 9.56. The minimum absolute atomic E-state index is 0.244. The number of nitrogens with one attached hydrogen (secondary N) is 1. The number of amides is 1. The third kappa shape index (κ3) is 4.42. The van der Waals surface area contributed by atoms with Gasteiger partial charge in [0.15, 0.2) is 0 Å². The van der Waals surface area contributed by atoms with E-state index < -0.39 is 23.3 Å². The molecule has 2 N–H and O–H groups in total. The molecule has 2 aromatic heterocycles. The van der Waals surface area contributed by atoms with Crippen molar-refractivity contribution in [2.75, 3.05) is 6.54 Å². The van der Waals surface area contributed by atoms with E-state index in [9.17, 15) is 19.5 Å². The molecule has 0 saturated heterocycles. The van der Waals surface area contributed by atoms with E-state index in [1.54, 1.807) is 18.0 Å². The quantitative estimate of drug-likeness (QED) is 0.383. The number of pyridine rings is 2. The van der Waals surface area contributed by atoms with Crippen LogP contribution in [0.25, 0.3) is 22.0 Å². The lowest BCUT2D eigenvalue weighted by Gasteiger charge is -2.16. The van der Waals surface area contributed by atoms with Gasteiger partial charge in [-0.05, 0) is 40.4 Å². The molecule has 176 valence electrons. The van der Waals surface area contributed by atoms with Crippen LogP contribution in [-0.2, 0) is 22.8 Å². The Morgan fingerprint density at radius 2 is 1.89 bits per heavy atom. The SMILES string of the molecule is O=C(Cl)CNC(=O)c1c(O)c2c(n(Cc3ccc(-c4cccc5ncccc45)cc3)c1=O)CSC2. The summed E-state index contributed by atoms with van der Waals surface area (Å²) in [6.45, 7) is -0.190. The number of thioether (sulfide) groups is 1. The van der Waals surface area contributed by atoms with Crippen molar-refractivity contribution in [3.05, 3.63) is 93.5 Å². The van der Waals surface area contributed by atoms with Crippen LogP contribution >= 0.6 is 23.4 Å². The zero-order chi connectivity index (χ0) is 24.5. The van der Waals surface area contributed by atoms with E-state index in [1.807, 2.05) is 54.6 Å². The number of aromatic nitrogens is 2. The molecule has 2 aromatic carbocycles. The number of carbonyl (C=O) groups excluding carboxylic acids is 2. The number of nitrogens with zero attached hydrogens (tertiary/aromatic N) is 2. The maximum absolute atomic E-state index is 13.3. The van der Waals surface area contributed by atoms with Crippen LogP contribution < -0.4 is 10.9 Å². The number of halogens is 1. The summed E-state index contributed by atoms with van der Waals surface area (Å²) in [6.07, 6.45) is 1.77. The molecule has 7 nitrogen and oxygen atoms in total. The number of carbonyl (C=O) groups is 2. The Morgan fingerprint density at radius 1 is 1.09 bits per heavy atom. The molecule has 4 aromatic rings. The highest BCUT2D eigenvalue weighted by molar-refractivity contribution is 7.98. The summed E-state index contributed by atoms with van der Waals surface area (Å²) in [7, 11) is 0. The topological polar surface area (TPSA) is 101 Å². The normalized spacial score (nSPS) is 12.5. The van der Waals surface area contributed by atoms with Gasteiger partial charge in [0.05, 0.1) is 18.6 Å². The lowest BCUT2D eigenvalue weighted by atomic mass is 9.99. The first kappa shape index (κ1) is 23.1. The van der Waals surface area contributed by atoms with Gasteiger partial charge in [-0.1, -0.05) is 42.5 Å². The number of fused-ring (bicyclic) bond motifs is 2. The van der Waals surface area contributed by atoms with Crippen molar-refractivity contribution >= 4 is 45.4 Å². The van der Waals surface area contributed by atoms with E-state index in [-0.39, 0.29) is 17.9 Å². The average Bonchev–Trinajstić information content (AvgIpc) is 3.36. The predicted molar refractivity (Wildman–Crippen MR) is 137 cm³/mol. The molecule has 35 heavy (non-hydrogen) atoms. The Morgan fingerprint density at radius 3 is 2.66 bits per heavy atom. The highest BCUT2D eigenvalue weighted by atomic mass is 35.5. The van der Waals surface area contributed by atoms with Crippen molar-refractivity contribution in [3.63, 3.8) is 0 Å². The molecule has 0 unspecified atom stereocenters. The highest BCUT2D eigenvalue weighted by Gasteiger charge is 2.28. The number of rotatable bonds is 6. The fourth-order valence-corrected chi connectivity index (χ4v) is 5.51. The minimum atomic E-state index is -0.824. The molecule has 0 fully saturated rings. The van der Waals surface area contributed by atoms with Crippen molar-refractivity contribution in [2.24, 2.45) is 0 Å². The molecule has 0 atom stereocenters. The Labute approximate surface area is 209 Å². The molecule has 5 rings (SSSR count). The molecule has 1 amide bonds. The molecule has 9 heteroatoms. The van der Waals surface area contributed by atoms with Crippen LogP contribution in [-0.4, -0.2) is 32.4 Å². The molecule has 0 radical (unpaired) electrons. The van der Waals surface area contributed by atoms with Gasteiger partial charge in [0.2, 0.25) is 5.24 Å². The first-order valence-electron chi connectivity index (χ1n) is 10.9. The Hall–Kier alpha value is -3.62. The molecule has 0 aliphatic carbocycles. The molecule has 0 bridgehead atoms. The summed E-state index contributed by atoms with van der Waals surface area (Å²) in [5.41, 5.74) is 4.17. The Kier molecular flexibility index (Phi) is 6.32. The first-order valence-corrected chi connectivity index (χ1v) is 12.4. The van der Waals surface area contributed by atoms with E-state index in [1.165, 1.54) is 4.57 Å². The first-order chi connectivity index (χ1) is 16.9. The molecule has 0 saturated carbocycles. The van der Waals surface area contributed by atoms with Crippen molar-refractivity contribution < 1.29 is 14.7 Å². The average molecular weight is 506 g/mol. The molecule has 3 heterocycles. The van der Waals surface area contributed by atoms with Gasteiger partial charge in [-0.3, -0.25) is 19.4 Å². The fourth-order valence-electron chi connectivity index (χ4n) is 4.31. The van der Waals surface area contributed by atoms with Gasteiger partial charge in [-0.25, -0.2) is 0 Å². The summed E-state index contributed by atoms with van der Waals surface area (Å²) < 4.78 is 1.53. The molecule has 1 aliphatic heterocycles. The molecular weight excluding hydrogens is 486 g/mol. The summed E-state index contributed by atoms with van der Waals surface area (Å²) in [5.74, 6) is -0.105. The minimum Gasteiger partial charge on any atom is -0.507 e. The smallest absolute Gasteiger partial charge is 0.267 e. The lowest BCUT2D eigenvalue weighted by Crippen LogP contribution is -2.36. The van der Waals surface area contributed by atoms with Crippen LogP contribution in [0.1, 0.15) is 27.2 Å². The molecular formula is C26H20ClN3O4S. The van der Waals surface area contributed by atoms with Gasteiger partial charge < -0.3 is 15.0 Å². The highest BCUT2D eigenvalue weighted by Crippen LogP contribution is 2.36. The van der Waals surface area contributed by atoms with Gasteiger partial charge in [0.1, 0.15) is 11.3 Å². The van der Waals surface area contributed by atoms with Gasteiger partial charge in [0.25, 0.3) is 11.5 Å². The van der Waals surface area contributed by atoms with E-state index in [0.29, 0.717) is 22.8 Å². The number of aromatic hydroxyl groups is 1. The molecule has 1 aliphatic rings. The largest absolute Gasteiger partial charge is 0.507 e. The number of benzene rings is 2. The second-order valence-corrected chi connectivity index (χ2v) is 9.55. The third-order valence-corrected chi connectivity index (χ3v) is 7.11. The maximum atomic E-state index is 13.3. The summed E-state index contributed by atoms with van der Waals surface area (Å²) >= 11 is 6.86. The molecule has 0 spiro atoms. The van der Waals surface area contributed by atoms with Crippen molar-refractivity contribution in [1.29, 1.82) is 0 Å². The van der Waals surface area contributed by atoms with E-state index >= 15 is 0 Å². The van der Waals surface area contributed by atoms with Crippen molar-refractivity contribution in [3.8, 4) is 16.9 Å². The van der Waals surface area contributed by atoms with Crippen LogP contribution in [0, 0.1) is 0 Å². The summed E-state index contributed by atoms with van der Waals surface area (Å²) in [5, 5.41) is 13.2. The summed E-state index contributed by atoms with van der Waals surface area (Å²) in [6, 6.07) is 17.8. The Balaban J connectivity index is 1.50. The van der Waals surface area contributed by atoms with Crippen LogP contribution in [0.4, 0.5) is 0 Å². The fraction of sp³-hybridized carbons (Fsp3) is 0.154. The third-order valence-electron chi connectivity index (χ3n) is 6.01. The number of hydrogen-bond acceptors (Lipinski definition) is 6. The van der Waals surface area contributed by atoms with E-state index in [2.05, 4.69) is 10.3 Å². The Bertz CT molecular complexity index is 1530. The lowest BCUT2D eigenvalue weighted by molar-refractivity contribution is -0.110. The number of hydrogen-bond donors (Lipinski definition) is 2. The van der Waals surface area contributed by atoms with Gasteiger partial charge in [0, 0.05) is 34.3 Å². The van der Waals surface area contributed by atoms with Crippen LogP contribution in [0.2, 0.25) is 0 Å². The van der Waals surface area contributed by atoms with Gasteiger partial charge in [-0.15, -0.1) is 0 Å². The standard InChI is InChI=1S/C26H20ClN3O4S/c27-22(31)11-29-25(33)23-24(32)19-13-35-14-21(19)30(26(23)34)12-15-6-8-16(9-7-15)17-3-1-5-20-18(17)4-2-10-28-20/h1-10,32H,11-14H2,(H,29,33). The zero-order valence-corrected chi connectivity index (χ0v) is 20.0. The van der Waals surface area contributed by atoms with Crippen LogP contribution in [0.3, 0.4) is 0 Å². The van der Waals surface area contributed by atoms with Crippen molar-refractivity contribution in [2.45, 2.75) is 18.1 Å². The van der Waals surface area contributed by atoms with Crippen LogP contribution in [0.5, 0.6) is 5.75 Å². The van der Waals surface area contributed by atoms with Crippen LogP contribution in [0.15, 0.2) is 65.6 Å². The maximum Gasteiger partial charge on any atom is 0.267 e. The van der Waals surface area contributed by atoms with E-state index in [0.717, 1.165) is 27.6 Å². The zero-order valence-electron chi connectivity index (χ0n) is 18.5. The predicted octanol–water partition coefficient (Wildman–Crippen LogP) is 4.06.